The molecule has 1 aliphatic heterocycles. The van der Waals surface area contributed by atoms with Gasteiger partial charge in [0.2, 0.25) is 0 Å². The molecule has 0 spiro atoms. The molecule has 0 unspecified atom stereocenters. The van der Waals surface area contributed by atoms with Crippen LogP contribution in [0.3, 0.4) is 0 Å². The smallest absolute Gasteiger partial charge is 0.135 e. The van der Waals surface area contributed by atoms with Gasteiger partial charge in [0.15, 0.2) is 0 Å². The van der Waals surface area contributed by atoms with E-state index in [0.29, 0.717) is 11.5 Å². The number of anilines is 2. The van der Waals surface area contributed by atoms with Gasteiger partial charge in [-0.15, -0.1) is 48.3 Å². The van der Waals surface area contributed by atoms with Crippen molar-refractivity contribution in [2.45, 2.75) is 105 Å². The van der Waals surface area contributed by atoms with E-state index in [-0.39, 0.29) is 42.1 Å². The number of pyridine rings is 1. The average Bonchev–Trinajstić information content (AvgIpc) is 3.93. The topological polar surface area (TPSA) is 38.5 Å². The summed E-state index contributed by atoms with van der Waals surface area (Å²) in [5.74, 6) is 2.07. The van der Waals surface area contributed by atoms with Crippen LogP contribution < -0.4 is 14.5 Å². The van der Waals surface area contributed by atoms with Crippen molar-refractivity contribution < 1.29 is 25.2 Å². The SMILES string of the molecule is CC(C)(C)c1cc(Oc2[c-]c3c(cc2)c2c(c4ccccc4n2-c2ccccc2)n3-c2cc(C(C)(C)C)ccn2)[c-]c(N2C=CN(c3cc(C(C)(C)C)cc(C(C)(C)C)c3)[CH-]2)c1.[Pd]. The second kappa shape index (κ2) is 15.9. The van der Waals surface area contributed by atoms with E-state index in [1.54, 1.807) is 0 Å². The number of nitrogens with zero attached hydrogens (tertiary/aromatic N) is 5. The van der Waals surface area contributed by atoms with Crippen molar-refractivity contribution in [3.05, 3.63) is 169 Å². The Labute approximate surface area is 387 Å². The number of benzene rings is 5. The van der Waals surface area contributed by atoms with E-state index in [4.69, 9.17) is 9.72 Å². The largest absolute Gasteiger partial charge is 0.509 e. The van der Waals surface area contributed by atoms with Crippen LogP contribution in [-0.4, -0.2) is 14.1 Å². The number of ether oxygens (including phenoxy) is 1. The van der Waals surface area contributed by atoms with Gasteiger partial charge in [0.1, 0.15) is 5.82 Å². The molecule has 4 heterocycles. The van der Waals surface area contributed by atoms with Gasteiger partial charge in [0.25, 0.3) is 0 Å². The molecule has 0 atom stereocenters. The second-order valence-corrected chi connectivity index (χ2v) is 20.9. The fraction of sp³-hybridized carbons (Fsp3) is 0.286. The van der Waals surface area contributed by atoms with Crippen LogP contribution in [0.5, 0.6) is 11.5 Å². The minimum atomic E-state index is -0.144. The van der Waals surface area contributed by atoms with Crippen molar-refractivity contribution in [2.24, 2.45) is 0 Å². The molecule has 0 aliphatic carbocycles. The zero-order valence-electron chi connectivity index (χ0n) is 38.7. The Kier molecular flexibility index (Phi) is 11.1. The summed E-state index contributed by atoms with van der Waals surface area (Å²) >= 11 is 0. The second-order valence-electron chi connectivity index (χ2n) is 20.9. The first kappa shape index (κ1) is 44.0. The molecule has 7 heteroatoms. The maximum atomic E-state index is 6.85. The van der Waals surface area contributed by atoms with Gasteiger partial charge in [-0.25, -0.2) is 4.98 Å². The molecule has 0 saturated heterocycles. The Morgan fingerprint density at radius 3 is 1.78 bits per heavy atom. The molecule has 326 valence electrons. The molecule has 0 bridgehead atoms. The van der Waals surface area contributed by atoms with E-state index >= 15 is 0 Å². The third kappa shape index (κ3) is 8.35. The molecule has 9 rings (SSSR count). The van der Waals surface area contributed by atoms with Crippen LogP contribution in [0.1, 0.15) is 105 Å². The quantitative estimate of drug-likeness (QED) is 0.123. The van der Waals surface area contributed by atoms with Crippen molar-refractivity contribution >= 4 is 44.2 Å². The Balaban J connectivity index is 0.00000544. The summed E-state index contributed by atoms with van der Waals surface area (Å²) in [5.41, 5.74) is 12.2. The summed E-state index contributed by atoms with van der Waals surface area (Å²) in [7, 11) is 0. The number of fused-ring (bicyclic) bond motifs is 5. The van der Waals surface area contributed by atoms with Crippen molar-refractivity contribution in [2.75, 3.05) is 9.80 Å². The predicted octanol–water partition coefficient (Wildman–Crippen LogP) is 14.6. The number of para-hydroxylation sites is 2. The molecule has 63 heavy (non-hydrogen) atoms. The summed E-state index contributed by atoms with van der Waals surface area (Å²) in [4.78, 5) is 9.36. The Bertz CT molecular complexity index is 2990. The third-order valence-electron chi connectivity index (χ3n) is 12.1. The fourth-order valence-corrected chi connectivity index (χ4v) is 8.33. The zero-order chi connectivity index (χ0) is 43.9. The van der Waals surface area contributed by atoms with Crippen molar-refractivity contribution in [3.8, 4) is 23.0 Å². The maximum absolute atomic E-state index is 6.85. The van der Waals surface area contributed by atoms with Crippen LogP contribution in [0.15, 0.2) is 128 Å². The van der Waals surface area contributed by atoms with E-state index in [1.165, 1.54) is 16.7 Å². The molecule has 0 N–H and O–H groups in total. The van der Waals surface area contributed by atoms with E-state index in [2.05, 4.69) is 236 Å². The number of hydrogen-bond donors (Lipinski definition) is 0. The predicted molar refractivity (Wildman–Crippen MR) is 259 cm³/mol. The Morgan fingerprint density at radius 1 is 0.508 bits per heavy atom. The van der Waals surface area contributed by atoms with Crippen LogP contribution in [0.4, 0.5) is 11.4 Å². The van der Waals surface area contributed by atoms with Gasteiger partial charge in [-0.2, -0.15) is 6.07 Å². The monoisotopic (exact) mass is 922 g/mol. The van der Waals surface area contributed by atoms with Crippen LogP contribution in [0.25, 0.3) is 44.3 Å². The average molecular weight is 924 g/mol. The number of rotatable bonds is 6. The van der Waals surface area contributed by atoms with E-state index in [1.807, 2.05) is 12.3 Å². The van der Waals surface area contributed by atoms with Gasteiger partial charge in [0.05, 0.1) is 11.0 Å². The molecule has 5 aromatic carbocycles. The van der Waals surface area contributed by atoms with Crippen molar-refractivity contribution in [1.29, 1.82) is 0 Å². The first-order valence-corrected chi connectivity index (χ1v) is 21.8. The number of hydrogen-bond acceptors (Lipinski definition) is 4. The molecular weight excluding hydrogens is 865 g/mol. The normalized spacial score (nSPS) is 13.7. The minimum absolute atomic E-state index is 0. The van der Waals surface area contributed by atoms with Crippen LogP contribution in [-0.2, 0) is 42.1 Å². The van der Waals surface area contributed by atoms with Crippen molar-refractivity contribution in [1.82, 2.24) is 14.1 Å². The summed E-state index contributed by atoms with van der Waals surface area (Å²) in [6.45, 7) is 29.2. The molecule has 1 aliphatic rings. The fourth-order valence-electron chi connectivity index (χ4n) is 8.33. The van der Waals surface area contributed by atoms with Gasteiger partial charge in [-0.05, 0) is 93.2 Å². The molecule has 6 nitrogen and oxygen atoms in total. The molecule has 3 aromatic heterocycles. The molecule has 0 radical (unpaired) electrons. The van der Waals surface area contributed by atoms with E-state index in [0.717, 1.165) is 61.3 Å². The van der Waals surface area contributed by atoms with Crippen LogP contribution in [0, 0.1) is 18.8 Å². The summed E-state index contributed by atoms with van der Waals surface area (Å²) < 4.78 is 11.5. The third-order valence-corrected chi connectivity index (χ3v) is 12.1. The van der Waals surface area contributed by atoms with Gasteiger partial charge in [-0.3, -0.25) is 0 Å². The van der Waals surface area contributed by atoms with Gasteiger partial charge >= 0.3 is 0 Å². The van der Waals surface area contributed by atoms with Gasteiger partial charge in [0, 0.05) is 60.4 Å². The Morgan fingerprint density at radius 2 is 1.11 bits per heavy atom. The number of aromatic nitrogens is 3. The summed E-state index contributed by atoms with van der Waals surface area (Å²) in [5, 5.41) is 2.20. The zero-order valence-corrected chi connectivity index (χ0v) is 40.2. The molecule has 0 amide bonds. The minimum Gasteiger partial charge on any atom is -0.509 e. The molecular formula is C56H58N5OPd-3. The van der Waals surface area contributed by atoms with Gasteiger partial charge < -0.3 is 23.7 Å². The van der Waals surface area contributed by atoms with E-state index in [9.17, 15) is 0 Å². The van der Waals surface area contributed by atoms with Gasteiger partial charge in [-0.1, -0.05) is 136 Å². The summed E-state index contributed by atoms with van der Waals surface area (Å²) in [6.07, 6.45) is 6.15. The maximum Gasteiger partial charge on any atom is 0.135 e. The standard InChI is InChI=1S/C56H58N5O.Pd/c1-53(2,3)37-24-25-57-50(33-37)61-49-35-44(22-23-47(49)51-52(61)46-20-16-17-21-48(46)60(51)41-18-14-13-15-19-41)62-45-32-40(56(10,11)12)31-43(34-45)59-27-26-58(36-59)42-29-38(54(4,5)6)28-39(30-42)55(7,8)9;/h13-33,36H,1-12H3;/q-3;. The van der Waals surface area contributed by atoms with Crippen LogP contribution in [0.2, 0.25) is 0 Å². The first-order chi connectivity index (χ1) is 29.2. The van der Waals surface area contributed by atoms with Crippen molar-refractivity contribution in [3.63, 3.8) is 0 Å². The molecule has 0 saturated carbocycles. The summed E-state index contributed by atoms with van der Waals surface area (Å²) in [6, 6.07) is 46.5. The Hall–Kier alpha value is -5.61. The molecule has 0 fully saturated rings. The first-order valence-electron chi connectivity index (χ1n) is 21.8. The van der Waals surface area contributed by atoms with Crippen LogP contribution >= 0.6 is 0 Å². The van der Waals surface area contributed by atoms with E-state index < -0.39 is 0 Å². The molecule has 8 aromatic rings.